The van der Waals surface area contributed by atoms with Crippen molar-refractivity contribution < 1.29 is 41.1 Å². The molecule has 2 aromatic carbocycles. The zero-order chi connectivity index (χ0) is 25.5. The van der Waals surface area contributed by atoms with Gasteiger partial charge in [0.2, 0.25) is 0 Å². The number of carbonyl (C=O) groups is 1. The molecule has 0 spiro atoms. The largest absolute Gasteiger partial charge is 0.445 e. The molecule has 10 nitrogen and oxygen atoms in total. The number of fused-ring (bicyclic) bond motifs is 1. The van der Waals surface area contributed by atoms with E-state index in [9.17, 15) is 13.2 Å². The van der Waals surface area contributed by atoms with Crippen LogP contribution >= 0.6 is 0 Å². The number of benzene rings is 2. The summed E-state index contributed by atoms with van der Waals surface area (Å²) in [6.07, 6.45) is -3.04. The van der Waals surface area contributed by atoms with Crippen LogP contribution in [0.15, 0.2) is 73.3 Å². The standard InChI is InChI=1S/C25H29NO9S/c1-3-14-30-24-20(26-25(27)32-15-17-10-6-4-7-11-17)22(35-36(2,28)29)21-19(33-24)16-31-23(34-21)18-12-8-5-9-13-18/h3-13,19-24H,1,14-16H2,2H3,(H,26,27)/t19-,20-,21-,22+,23-,24+/m1/s1. The zero-order valence-electron chi connectivity index (χ0n) is 19.7. The van der Waals surface area contributed by atoms with Gasteiger partial charge < -0.3 is 29.0 Å². The molecular weight excluding hydrogens is 490 g/mol. The normalized spacial score (nSPS) is 28.0. The number of hydrogen-bond donors (Lipinski definition) is 1. The van der Waals surface area contributed by atoms with Crippen molar-refractivity contribution in [2.24, 2.45) is 0 Å². The van der Waals surface area contributed by atoms with Gasteiger partial charge in [0.1, 0.15) is 31.0 Å². The summed E-state index contributed by atoms with van der Waals surface area (Å²) in [6.45, 7) is 3.82. The first-order valence-corrected chi connectivity index (χ1v) is 13.2. The Balaban J connectivity index is 1.56. The van der Waals surface area contributed by atoms with E-state index < -0.39 is 53.1 Å². The van der Waals surface area contributed by atoms with Crippen LogP contribution in [0, 0.1) is 0 Å². The van der Waals surface area contributed by atoms with Crippen molar-refractivity contribution in [2.45, 2.75) is 43.5 Å². The van der Waals surface area contributed by atoms with E-state index in [-0.39, 0.29) is 19.8 Å². The highest BCUT2D eigenvalue weighted by Gasteiger charge is 2.53. The molecule has 2 saturated heterocycles. The van der Waals surface area contributed by atoms with E-state index in [2.05, 4.69) is 11.9 Å². The van der Waals surface area contributed by atoms with Crippen molar-refractivity contribution in [2.75, 3.05) is 19.5 Å². The van der Waals surface area contributed by atoms with Crippen molar-refractivity contribution >= 4 is 16.2 Å². The molecule has 0 aromatic heterocycles. The third kappa shape index (κ3) is 6.90. The van der Waals surface area contributed by atoms with E-state index in [4.69, 9.17) is 27.9 Å². The Bertz CT molecular complexity index is 1110. The molecule has 0 radical (unpaired) electrons. The van der Waals surface area contributed by atoms with Crippen LogP contribution in [0.1, 0.15) is 17.4 Å². The third-order valence-electron chi connectivity index (χ3n) is 5.57. The van der Waals surface area contributed by atoms with Crippen LogP contribution in [0.2, 0.25) is 0 Å². The van der Waals surface area contributed by atoms with Crippen LogP contribution in [0.3, 0.4) is 0 Å². The molecule has 1 amide bonds. The van der Waals surface area contributed by atoms with E-state index in [0.717, 1.165) is 17.4 Å². The first-order chi connectivity index (χ1) is 17.3. The van der Waals surface area contributed by atoms with Gasteiger partial charge in [0.15, 0.2) is 12.6 Å². The highest BCUT2D eigenvalue weighted by molar-refractivity contribution is 7.86. The fourth-order valence-electron chi connectivity index (χ4n) is 4.03. The molecule has 0 aliphatic carbocycles. The molecule has 1 N–H and O–H groups in total. The summed E-state index contributed by atoms with van der Waals surface area (Å²) in [4.78, 5) is 12.7. The molecule has 2 fully saturated rings. The second-order valence-corrected chi connectivity index (χ2v) is 9.94. The summed E-state index contributed by atoms with van der Waals surface area (Å²) >= 11 is 0. The third-order valence-corrected chi connectivity index (χ3v) is 6.14. The summed E-state index contributed by atoms with van der Waals surface area (Å²) in [5, 5.41) is 2.65. The molecule has 2 aliphatic heterocycles. The lowest BCUT2D eigenvalue weighted by Gasteiger charge is -2.48. The van der Waals surface area contributed by atoms with E-state index in [1.165, 1.54) is 6.08 Å². The van der Waals surface area contributed by atoms with Crippen molar-refractivity contribution in [3.63, 3.8) is 0 Å². The Morgan fingerprint density at radius 2 is 1.81 bits per heavy atom. The zero-order valence-corrected chi connectivity index (χ0v) is 20.5. The molecule has 0 unspecified atom stereocenters. The van der Waals surface area contributed by atoms with E-state index in [0.29, 0.717) is 0 Å². The molecule has 2 aliphatic rings. The minimum atomic E-state index is -3.97. The number of ether oxygens (including phenoxy) is 5. The molecule has 0 saturated carbocycles. The number of hydrogen-bond acceptors (Lipinski definition) is 9. The minimum absolute atomic E-state index is 0.0164. The predicted molar refractivity (Wildman–Crippen MR) is 128 cm³/mol. The maximum Gasteiger partial charge on any atom is 0.407 e. The van der Waals surface area contributed by atoms with Crippen molar-refractivity contribution in [1.29, 1.82) is 0 Å². The average Bonchev–Trinajstić information content (AvgIpc) is 2.88. The Morgan fingerprint density at radius 3 is 2.47 bits per heavy atom. The van der Waals surface area contributed by atoms with Crippen LogP contribution in [-0.4, -0.2) is 64.6 Å². The lowest BCUT2D eigenvalue weighted by molar-refractivity contribution is -0.339. The summed E-state index contributed by atoms with van der Waals surface area (Å²) in [5.41, 5.74) is 1.53. The van der Waals surface area contributed by atoms with Gasteiger partial charge in [-0.1, -0.05) is 66.7 Å². The van der Waals surface area contributed by atoms with Gasteiger partial charge in [0.05, 0.1) is 19.5 Å². The lowest BCUT2D eigenvalue weighted by atomic mass is 9.96. The first kappa shape index (κ1) is 26.3. The Kier molecular flexibility index (Phi) is 8.72. The Morgan fingerprint density at radius 1 is 1.11 bits per heavy atom. The highest BCUT2D eigenvalue weighted by Crippen LogP contribution is 2.36. The quantitative estimate of drug-likeness (QED) is 0.394. The van der Waals surface area contributed by atoms with E-state index in [1.54, 1.807) is 0 Å². The molecule has 6 atom stereocenters. The molecule has 0 bridgehead atoms. The van der Waals surface area contributed by atoms with Gasteiger partial charge in [-0.3, -0.25) is 4.18 Å². The second-order valence-electron chi connectivity index (χ2n) is 8.34. The maximum absolute atomic E-state index is 12.7. The van der Waals surface area contributed by atoms with Crippen LogP contribution in [-0.2, 0) is 44.6 Å². The van der Waals surface area contributed by atoms with Crippen molar-refractivity contribution in [3.8, 4) is 0 Å². The smallest absolute Gasteiger partial charge is 0.407 e. The monoisotopic (exact) mass is 519 g/mol. The fourth-order valence-corrected chi connectivity index (χ4v) is 4.66. The number of nitrogens with one attached hydrogen (secondary N) is 1. The van der Waals surface area contributed by atoms with E-state index in [1.807, 2.05) is 60.7 Å². The predicted octanol–water partition coefficient (Wildman–Crippen LogP) is 2.67. The Hall–Kier alpha value is -2.80. The summed E-state index contributed by atoms with van der Waals surface area (Å²) < 4.78 is 59.0. The van der Waals surface area contributed by atoms with Gasteiger partial charge in [-0.2, -0.15) is 8.42 Å². The fraction of sp³-hybridized carbons (Fsp3) is 0.400. The van der Waals surface area contributed by atoms with Gasteiger partial charge in [0.25, 0.3) is 10.1 Å². The number of rotatable bonds is 9. The maximum atomic E-state index is 12.7. The molecule has 36 heavy (non-hydrogen) atoms. The molecule has 2 aromatic rings. The Labute approximate surface area is 210 Å². The van der Waals surface area contributed by atoms with Gasteiger partial charge in [-0.15, -0.1) is 6.58 Å². The summed E-state index contributed by atoms with van der Waals surface area (Å²) in [6, 6.07) is 17.2. The number of alkyl carbamates (subject to hydrolysis) is 1. The van der Waals surface area contributed by atoms with E-state index >= 15 is 0 Å². The molecule has 11 heteroatoms. The topological polar surface area (TPSA) is 119 Å². The molecule has 4 rings (SSSR count). The molecule has 194 valence electrons. The first-order valence-electron chi connectivity index (χ1n) is 11.4. The van der Waals surface area contributed by atoms with Crippen LogP contribution in [0.5, 0.6) is 0 Å². The minimum Gasteiger partial charge on any atom is -0.445 e. The van der Waals surface area contributed by atoms with Gasteiger partial charge in [-0.25, -0.2) is 4.79 Å². The van der Waals surface area contributed by atoms with Gasteiger partial charge >= 0.3 is 6.09 Å². The van der Waals surface area contributed by atoms with Crippen LogP contribution in [0.4, 0.5) is 4.79 Å². The van der Waals surface area contributed by atoms with Crippen molar-refractivity contribution in [1.82, 2.24) is 5.32 Å². The van der Waals surface area contributed by atoms with Gasteiger partial charge in [-0.05, 0) is 5.56 Å². The summed E-state index contributed by atoms with van der Waals surface area (Å²) in [7, 11) is -3.97. The van der Waals surface area contributed by atoms with Gasteiger partial charge in [0, 0.05) is 5.56 Å². The van der Waals surface area contributed by atoms with Crippen LogP contribution in [0.25, 0.3) is 0 Å². The average molecular weight is 520 g/mol. The van der Waals surface area contributed by atoms with Crippen LogP contribution < -0.4 is 5.32 Å². The SMILES string of the molecule is C=CCO[C@H]1O[C@@H]2CO[C@@H](c3ccccc3)O[C@H]2[C@@H](OS(C)(=O)=O)[C@H]1NC(=O)OCc1ccccc1. The lowest BCUT2D eigenvalue weighted by Crippen LogP contribution is -2.67. The highest BCUT2D eigenvalue weighted by atomic mass is 32.2. The van der Waals surface area contributed by atoms with Crippen molar-refractivity contribution in [3.05, 3.63) is 84.4 Å². The number of amides is 1. The molecular formula is C25H29NO9S. The number of carbonyl (C=O) groups excluding carboxylic acids is 1. The molecule has 2 heterocycles. The second kappa shape index (κ2) is 12.0. The summed E-state index contributed by atoms with van der Waals surface area (Å²) in [5.74, 6) is 0.